The van der Waals surface area contributed by atoms with Crippen molar-refractivity contribution in [2.24, 2.45) is 0 Å². The van der Waals surface area contributed by atoms with Crippen LogP contribution in [0.1, 0.15) is 30.6 Å². The van der Waals surface area contributed by atoms with E-state index in [1.165, 1.54) is 4.68 Å². The van der Waals surface area contributed by atoms with Crippen molar-refractivity contribution >= 4 is 16.7 Å². The fourth-order valence-electron chi connectivity index (χ4n) is 3.59. The van der Waals surface area contributed by atoms with Gasteiger partial charge in [0.1, 0.15) is 19.8 Å². The monoisotopic (exact) mass is 393 g/mol. The van der Waals surface area contributed by atoms with Crippen molar-refractivity contribution in [1.82, 2.24) is 15.1 Å². The van der Waals surface area contributed by atoms with E-state index >= 15 is 0 Å². The summed E-state index contributed by atoms with van der Waals surface area (Å²) in [5.41, 5.74) is 1.38. The molecule has 1 unspecified atom stereocenters. The Balaban J connectivity index is 1.54. The summed E-state index contributed by atoms with van der Waals surface area (Å²) in [6.45, 7) is 4.74. The molecule has 0 spiro atoms. The average Bonchev–Trinajstić information content (AvgIpc) is 2.75. The molecule has 29 heavy (non-hydrogen) atoms. The molecule has 0 radical (unpaired) electrons. The summed E-state index contributed by atoms with van der Waals surface area (Å²) in [6, 6.07) is 12.8. The van der Waals surface area contributed by atoms with Gasteiger partial charge in [-0.1, -0.05) is 31.2 Å². The topological polar surface area (TPSA) is 82.5 Å². The van der Waals surface area contributed by atoms with Gasteiger partial charge >= 0.3 is 0 Å². The van der Waals surface area contributed by atoms with Crippen LogP contribution in [0.3, 0.4) is 0 Å². The Labute approximate surface area is 168 Å². The van der Waals surface area contributed by atoms with E-state index in [-0.39, 0.29) is 24.1 Å². The number of ether oxygens (including phenoxy) is 2. The number of hydrogen-bond acceptors (Lipinski definition) is 5. The zero-order chi connectivity index (χ0) is 20.4. The smallest absolute Gasteiger partial charge is 0.275 e. The third kappa shape index (κ3) is 3.81. The Bertz CT molecular complexity index is 1120. The number of hydrogen-bond donors (Lipinski definition) is 1. The second kappa shape index (κ2) is 7.95. The highest BCUT2D eigenvalue weighted by Gasteiger charge is 2.18. The van der Waals surface area contributed by atoms with E-state index in [1.54, 1.807) is 6.07 Å². The van der Waals surface area contributed by atoms with E-state index in [4.69, 9.17) is 9.47 Å². The molecule has 1 N–H and O–H groups in total. The van der Waals surface area contributed by atoms with Crippen molar-refractivity contribution in [2.45, 2.75) is 32.9 Å². The lowest BCUT2D eigenvalue weighted by Gasteiger charge is -2.22. The van der Waals surface area contributed by atoms with E-state index < -0.39 is 0 Å². The first-order chi connectivity index (χ1) is 14.1. The molecule has 1 aliphatic heterocycles. The number of fused-ring (bicyclic) bond motifs is 2. The van der Waals surface area contributed by atoms with Crippen LogP contribution in [0.25, 0.3) is 10.8 Å². The molecule has 0 saturated heterocycles. The summed E-state index contributed by atoms with van der Waals surface area (Å²) in [4.78, 5) is 25.4. The first kappa shape index (κ1) is 19.0. The van der Waals surface area contributed by atoms with Gasteiger partial charge in [0.15, 0.2) is 11.5 Å². The van der Waals surface area contributed by atoms with Gasteiger partial charge in [0.25, 0.3) is 5.56 Å². The molecule has 1 amide bonds. The summed E-state index contributed by atoms with van der Waals surface area (Å²) >= 11 is 0. The van der Waals surface area contributed by atoms with E-state index in [0.717, 1.165) is 10.9 Å². The van der Waals surface area contributed by atoms with Crippen LogP contribution in [0.15, 0.2) is 47.3 Å². The fraction of sp³-hybridized carbons (Fsp3) is 0.318. The van der Waals surface area contributed by atoms with Crippen LogP contribution in [0.2, 0.25) is 0 Å². The minimum Gasteiger partial charge on any atom is -0.486 e. The minimum atomic E-state index is -0.270. The summed E-state index contributed by atoms with van der Waals surface area (Å²) in [5, 5.41) is 8.67. The van der Waals surface area contributed by atoms with Crippen LogP contribution in [0.4, 0.5) is 0 Å². The first-order valence-corrected chi connectivity index (χ1v) is 9.72. The molecule has 1 aliphatic rings. The lowest BCUT2D eigenvalue weighted by molar-refractivity contribution is -0.122. The molecule has 7 nitrogen and oxygen atoms in total. The third-order valence-corrected chi connectivity index (χ3v) is 5.06. The average molecular weight is 393 g/mol. The van der Waals surface area contributed by atoms with Gasteiger partial charge in [0, 0.05) is 5.39 Å². The molecule has 0 saturated carbocycles. The summed E-state index contributed by atoms with van der Waals surface area (Å²) in [7, 11) is 0. The Kier molecular flexibility index (Phi) is 5.20. The van der Waals surface area contributed by atoms with Crippen molar-refractivity contribution < 1.29 is 14.3 Å². The van der Waals surface area contributed by atoms with Crippen molar-refractivity contribution in [3.63, 3.8) is 0 Å². The molecule has 2 aromatic carbocycles. The van der Waals surface area contributed by atoms with Gasteiger partial charge in [0.2, 0.25) is 5.91 Å². The Morgan fingerprint density at radius 2 is 1.86 bits per heavy atom. The minimum absolute atomic E-state index is 0.133. The molecular weight excluding hydrogens is 370 g/mol. The van der Waals surface area contributed by atoms with Gasteiger partial charge < -0.3 is 14.8 Å². The number of carbonyl (C=O) groups is 1. The molecule has 1 aromatic heterocycles. The van der Waals surface area contributed by atoms with Crippen molar-refractivity contribution in [1.29, 1.82) is 0 Å². The second-order valence-electron chi connectivity index (χ2n) is 7.03. The fourth-order valence-corrected chi connectivity index (χ4v) is 3.59. The van der Waals surface area contributed by atoms with Crippen LogP contribution < -0.4 is 20.3 Å². The molecular formula is C22H23N3O4. The zero-order valence-corrected chi connectivity index (χ0v) is 16.5. The number of aromatic nitrogens is 2. The van der Waals surface area contributed by atoms with E-state index in [9.17, 15) is 9.59 Å². The van der Waals surface area contributed by atoms with Gasteiger partial charge in [-0.2, -0.15) is 5.10 Å². The second-order valence-corrected chi connectivity index (χ2v) is 7.03. The lowest BCUT2D eigenvalue weighted by Crippen LogP contribution is -2.36. The van der Waals surface area contributed by atoms with Gasteiger partial charge in [-0.3, -0.25) is 9.59 Å². The Morgan fingerprint density at radius 1 is 1.14 bits per heavy atom. The maximum Gasteiger partial charge on any atom is 0.275 e. The van der Waals surface area contributed by atoms with Crippen LogP contribution in [-0.2, 0) is 11.3 Å². The Morgan fingerprint density at radius 3 is 2.62 bits per heavy atom. The lowest BCUT2D eigenvalue weighted by atomic mass is 10.0. The summed E-state index contributed by atoms with van der Waals surface area (Å²) in [6.07, 6.45) is 0.699. The SMILES string of the molecule is CCC(NC(=O)Cn1nc(C)c2ccccc2c1=O)c1ccc2c(c1)OCCO2. The quantitative estimate of drug-likeness (QED) is 0.721. The van der Waals surface area contributed by atoms with Gasteiger partial charge in [-0.25, -0.2) is 4.68 Å². The highest BCUT2D eigenvalue weighted by Crippen LogP contribution is 2.33. The number of nitrogens with zero attached hydrogens (tertiary/aromatic N) is 2. The van der Waals surface area contributed by atoms with E-state index in [1.807, 2.05) is 50.2 Å². The van der Waals surface area contributed by atoms with E-state index in [2.05, 4.69) is 10.4 Å². The third-order valence-electron chi connectivity index (χ3n) is 5.06. The van der Waals surface area contributed by atoms with Crippen molar-refractivity contribution in [2.75, 3.05) is 13.2 Å². The molecule has 4 rings (SSSR count). The van der Waals surface area contributed by atoms with Gasteiger partial charge in [-0.15, -0.1) is 0 Å². The van der Waals surface area contributed by atoms with Crippen molar-refractivity contribution in [3.8, 4) is 11.5 Å². The van der Waals surface area contributed by atoms with Crippen LogP contribution in [0.5, 0.6) is 11.5 Å². The maximum atomic E-state index is 12.7. The zero-order valence-electron chi connectivity index (χ0n) is 16.5. The predicted molar refractivity (Wildman–Crippen MR) is 109 cm³/mol. The highest BCUT2D eigenvalue weighted by molar-refractivity contribution is 5.83. The number of benzene rings is 2. The highest BCUT2D eigenvalue weighted by atomic mass is 16.6. The predicted octanol–water partition coefficient (Wildman–Crippen LogP) is 2.74. The van der Waals surface area contributed by atoms with Gasteiger partial charge in [-0.05, 0) is 37.1 Å². The standard InChI is InChI=1S/C22H23N3O4/c1-3-18(15-8-9-19-20(12-15)29-11-10-28-19)23-21(26)13-25-22(27)17-7-5-4-6-16(17)14(2)24-25/h4-9,12,18H,3,10-11,13H2,1-2H3,(H,23,26). The molecule has 2 heterocycles. The summed E-state index contributed by atoms with van der Waals surface area (Å²) in [5.74, 6) is 1.13. The first-order valence-electron chi connectivity index (χ1n) is 9.72. The largest absolute Gasteiger partial charge is 0.486 e. The molecule has 0 bridgehead atoms. The van der Waals surface area contributed by atoms with Crippen LogP contribution in [-0.4, -0.2) is 28.9 Å². The van der Waals surface area contributed by atoms with Crippen LogP contribution in [0, 0.1) is 6.92 Å². The molecule has 150 valence electrons. The normalized spacial score (nSPS) is 13.9. The van der Waals surface area contributed by atoms with Gasteiger partial charge in [0.05, 0.1) is 17.1 Å². The maximum absolute atomic E-state index is 12.7. The number of carbonyl (C=O) groups excluding carboxylic acids is 1. The number of nitrogens with one attached hydrogen (secondary N) is 1. The van der Waals surface area contributed by atoms with Crippen molar-refractivity contribution in [3.05, 3.63) is 64.1 Å². The number of aryl methyl sites for hydroxylation is 1. The van der Waals surface area contributed by atoms with Crippen LogP contribution >= 0.6 is 0 Å². The van der Waals surface area contributed by atoms with E-state index in [0.29, 0.717) is 42.2 Å². The molecule has 0 aliphatic carbocycles. The molecule has 0 fully saturated rings. The molecule has 7 heteroatoms. The Hall–Kier alpha value is -3.35. The number of amides is 1. The number of rotatable bonds is 5. The summed E-state index contributed by atoms with van der Waals surface area (Å²) < 4.78 is 12.4. The molecule has 1 atom stereocenters. The molecule has 3 aromatic rings.